The van der Waals surface area contributed by atoms with Gasteiger partial charge in [-0.2, -0.15) is 0 Å². The molecule has 0 aromatic carbocycles. The number of hydrogen-bond donors (Lipinski definition) is 1. The molecule has 0 unspecified atom stereocenters. The fraction of sp³-hybridized carbons (Fsp3) is 0.667. The summed E-state index contributed by atoms with van der Waals surface area (Å²) < 4.78 is 5.90. The molecule has 0 aromatic rings. The van der Waals surface area contributed by atoms with Crippen molar-refractivity contribution in [3.8, 4) is 0 Å². The largest absolute Gasteiger partial charge is 0.512 e. The third-order valence-electron chi connectivity index (χ3n) is 9.24. The molecule has 4 aliphatic carbocycles. The Labute approximate surface area is 175 Å². The number of allylic oxidation sites excluding steroid dienone is 4. The van der Waals surface area contributed by atoms with Gasteiger partial charge in [-0.05, 0) is 55.6 Å². The first-order valence-corrected chi connectivity index (χ1v) is 11.0. The van der Waals surface area contributed by atoms with Gasteiger partial charge in [-0.3, -0.25) is 19.2 Å². The minimum Gasteiger partial charge on any atom is -0.512 e. The molecule has 160 valence electrons. The van der Waals surface area contributed by atoms with E-state index in [0.29, 0.717) is 44.8 Å². The van der Waals surface area contributed by atoms with Gasteiger partial charge < -0.3 is 9.84 Å². The van der Waals surface area contributed by atoms with Crippen molar-refractivity contribution >= 4 is 23.8 Å². The van der Waals surface area contributed by atoms with Crippen LogP contribution in [0, 0.1) is 28.6 Å². The van der Waals surface area contributed by atoms with Crippen LogP contribution in [0.3, 0.4) is 0 Å². The van der Waals surface area contributed by atoms with Gasteiger partial charge in [0.25, 0.3) is 0 Å². The van der Waals surface area contributed by atoms with E-state index in [0.717, 1.165) is 24.0 Å². The third-order valence-corrected chi connectivity index (χ3v) is 9.24. The van der Waals surface area contributed by atoms with Crippen LogP contribution in [0.4, 0.5) is 0 Å². The lowest BCUT2D eigenvalue weighted by atomic mass is 9.47. The van der Waals surface area contributed by atoms with Crippen LogP contribution in [-0.2, 0) is 23.9 Å². The number of carbonyl (C=O) groups is 4. The molecule has 0 radical (unpaired) electrons. The van der Waals surface area contributed by atoms with Gasteiger partial charge >= 0.3 is 5.97 Å². The normalized spacial score (nSPS) is 44.9. The summed E-state index contributed by atoms with van der Waals surface area (Å²) in [6.07, 6.45) is 6.35. The lowest BCUT2D eigenvalue weighted by molar-refractivity contribution is -0.162. The molecule has 0 amide bonds. The van der Waals surface area contributed by atoms with Crippen LogP contribution >= 0.6 is 0 Å². The van der Waals surface area contributed by atoms with Gasteiger partial charge in [-0.15, -0.1) is 0 Å². The average molecular weight is 412 g/mol. The average Bonchev–Trinajstić information content (AvgIpc) is 3.21. The quantitative estimate of drug-likeness (QED) is 0.424. The minimum atomic E-state index is -0.609. The predicted octanol–water partition coefficient (Wildman–Crippen LogP) is 3.39. The van der Waals surface area contributed by atoms with Crippen molar-refractivity contribution in [1.29, 1.82) is 0 Å². The summed E-state index contributed by atoms with van der Waals surface area (Å²) in [6, 6.07) is 0. The molecule has 5 rings (SSSR count). The van der Waals surface area contributed by atoms with Gasteiger partial charge in [-0.1, -0.05) is 19.4 Å². The van der Waals surface area contributed by atoms with Crippen molar-refractivity contribution in [2.24, 2.45) is 28.6 Å². The molecule has 2 saturated carbocycles. The SMILES string of the molecule is C[C@]12CCC(=O)C=C1C[C@@H](C(=O)C=O)[C@@H]1C2=C(O)C[C@@]2(C)[C@H]1CC[C@@]21CCC(=O)O1. The molecule has 1 spiro atoms. The number of aliphatic hydroxyl groups excluding tert-OH is 1. The highest BCUT2D eigenvalue weighted by molar-refractivity contribution is 6.26. The highest BCUT2D eigenvalue weighted by Gasteiger charge is 2.68. The Morgan fingerprint density at radius 1 is 1.20 bits per heavy atom. The maximum Gasteiger partial charge on any atom is 0.306 e. The van der Waals surface area contributed by atoms with Gasteiger partial charge in [-0.25, -0.2) is 0 Å². The van der Waals surface area contributed by atoms with E-state index in [9.17, 15) is 24.3 Å². The summed E-state index contributed by atoms with van der Waals surface area (Å²) in [5.74, 6) is -1.18. The second-order valence-corrected chi connectivity index (χ2v) is 10.4. The Morgan fingerprint density at radius 3 is 2.63 bits per heavy atom. The third kappa shape index (κ3) is 2.31. The summed E-state index contributed by atoms with van der Waals surface area (Å²) in [7, 11) is 0. The van der Waals surface area contributed by atoms with Crippen molar-refractivity contribution < 1.29 is 29.0 Å². The summed E-state index contributed by atoms with van der Waals surface area (Å²) in [5, 5.41) is 11.4. The Balaban J connectivity index is 1.69. The maximum absolute atomic E-state index is 12.8. The molecule has 3 fully saturated rings. The lowest BCUT2D eigenvalue weighted by Gasteiger charge is -2.57. The number of esters is 1. The van der Waals surface area contributed by atoms with Gasteiger partial charge in [0.1, 0.15) is 5.60 Å². The van der Waals surface area contributed by atoms with E-state index in [1.54, 1.807) is 6.08 Å². The molecule has 5 aliphatic rings. The Kier molecular flexibility index (Phi) is 4.04. The number of rotatable bonds is 2. The molecule has 30 heavy (non-hydrogen) atoms. The number of aldehydes is 1. The molecular weight excluding hydrogens is 384 g/mol. The highest BCUT2D eigenvalue weighted by atomic mass is 16.6. The topological polar surface area (TPSA) is 97.7 Å². The number of hydrogen-bond acceptors (Lipinski definition) is 6. The molecule has 6 atom stereocenters. The van der Waals surface area contributed by atoms with Crippen LogP contribution < -0.4 is 0 Å². The zero-order valence-electron chi connectivity index (χ0n) is 17.5. The molecule has 1 heterocycles. The van der Waals surface area contributed by atoms with Crippen LogP contribution in [0.1, 0.15) is 65.2 Å². The summed E-state index contributed by atoms with van der Waals surface area (Å²) >= 11 is 0. The lowest BCUT2D eigenvalue weighted by Crippen LogP contribution is -2.55. The fourth-order valence-corrected chi connectivity index (χ4v) is 7.69. The molecule has 6 heteroatoms. The molecule has 6 nitrogen and oxygen atoms in total. The molecule has 1 saturated heterocycles. The van der Waals surface area contributed by atoms with Crippen molar-refractivity contribution in [3.63, 3.8) is 0 Å². The smallest absolute Gasteiger partial charge is 0.306 e. The minimum absolute atomic E-state index is 0.0386. The van der Waals surface area contributed by atoms with Crippen molar-refractivity contribution in [3.05, 3.63) is 23.0 Å². The Morgan fingerprint density at radius 2 is 1.97 bits per heavy atom. The maximum atomic E-state index is 12.8. The first-order valence-electron chi connectivity index (χ1n) is 11.0. The molecule has 1 N–H and O–H groups in total. The van der Waals surface area contributed by atoms with Crippen LogP contribution in [0.2, 0.25) is 0 Å². The number of aliphatic hydroxyl groups is 1. The van der Waals surface area contributed by atoms with Gasteiger partial charge in [0.2, 0.25) is 0 Å². The van der Waals surface area contributed by atoms with Crippen LogP contribution in [0.25, 0.3) is 0 Å². The van der Waals surface area contributed by atoms with E-state index in [4.69, 9.17) is 4.74 Å². The van der Waals surface area contributed by atoms with Crippen molar-refractivity contribution in [2.45, 2.75) is 70.8 Å². The molecular formula is C24H28O6. The molecule has 0 aromatic heterocycles. The Bertz CT molecular complexity index is 943. The van der Waals surface area contributed by atoms with Crippen molar-refractivity contribution in [2.75, 3.05) is 0 Å². The van der Waals surface area contributed by atoms with E-state index in [1.165, 1.54) is 0 Å². The van der Waals surface area contributed by atoms with Crippen LogP contribution in [0.15, 0.2) is 23.0 Å². The van der Waals surface area contributed by atoms with Gasteiger partial charge in [0, 0.05) is 36.0 Å². The summed E-state index contributed by atoms with van der Waals surface area (Å²) in [6.45, 7) is 4.14. The van der Waals surface area contributed by atoms with E-state index in [1.807, 2.05) is 0 Å². The number of ether oxygens (including phenoxy) is 1. The zero-order chi connectivity index (χ0) is 21.5. The zero-order valence-corrected chi connectivity index (χ0v) is 17.5. The predicted molar refractivity (Wildman–Crippen MR) is 106 cm³/mol. The molecule has 0 bridgehead atoms. The van der Waals surface area contributed by atoms with Crippen molar-refractivity contribution in [1.82, 2.24) is 0 Å². The first-order chi connectivity index (χ1) is 14.1. The number of Topliss-reactive ketones (excluding diaryl/α,β-unsaturated/α-hetero) is 1. The Hall–Kier alpha value is -2.24. The van der Waals surface area contributed by atoms with E-state index < -0.39 is 28.1 Å². The van der Waals surface area contributed by atoms with Crippen LogP contribution in [0.5, 0.6) is 0 Å². The standard InChI is InChI=1S/C24H28O6/c1-22-6-3-14(26)9-13(22)10-15(18(28)12-25)20-16-4-7-24(8-5-19(29)30-24)23(16,2)11-17(27)21(20)22/h9,12,15-16,20,27H,3-8,10-11H2,1-2H3/t15-,16-,20-,22-,23-,24+/m0/s1. The second kappa shape index (κ2) is 6.14. The van der Waals surface area contributed by atoms with Gasteiger partial charge in [0.05, 0.1) is 5.76 Å². The van der Waals surface area contributed by atoms with E-state index in [2.05, 4.69) is 13.8 Å². The number of fused-ring (bicyclic) bond motifs is 6. The summed E-state index contributed by atoms with van der Waals surface area (Å²) in [4.78, 5) is 48.5. The van der Waals surface area contributed by atoms with E-state index >= 15 is 0 Å². The van der Waals surface area contributed by atoms with E-state index in [-0.39, 0.29) is 29.3 Å². The van der Waals surface area contributed by atoms with Crippen LogP contribution in [-0.4, -0.2) is 34.5 Å². The first kappa shape index (κ1) is 19.7. The number of ketones is 2. The van der Waals surface area contributed by atoms with Gasteiger partial charge in [0.15, 0.2) is 17.9 Å². The highest BCUT2D eigenvalue weighted by Crippen LogP contribution is 2.70. The second-order valence-electron chi connectivity index (χ2n) is 10.4. The number of carbonyl (C=O) groups excluding carboxylic acids is 4. The fourth-order valence-electron chi connectivity index (χ4n) is 7.69. The molecule has 1 aliphatic heterocycles. The monoisotopic (exact) mass is 412 g/mol. The summed E-state index contributed by atoms with van der Waals surface area (Å²) in [5.41, 5.74) is 0.159.